The van der Waals surface area contributed by atoms with Crippen molar-refractivity contribution in [1.82, 2.24) is 9.47 Å². The number of nitrogens with zero attached hydrogens (tertiary/aromatic N) is 2. The lowest BCUT2D eigenvalue weighted by atomic mass is 10.1. The van der Waals surface area contributed by atoms with Gasteiger partial charge in [-0.15, -0.1) is 0 Å². The van der Waals surface area contributed by atoms with Gasteiger partial charge in [-0.2, -0.15) is 0 Å². The number of hydrogen-bond donors (Lipinski definition) is 1. The van der Waals surface area contributed by atoms with Gasteiger partial charge in [0.1, 0.15) is 19.0 Å². The first-order valence-electron chi connectivity index (χ1n) is 11.8. The molecule has 1 amide bonds. The number of likely N-dealkylation sites (N-methyl/N-ethyl adjacent to an activating group) is 1. The third-order valence-electron chi connectivity index (χ3n) is 5.27. The molecule has 2 aromatic rings. The van der Waals surface area contributed by atoms with Crippen LogP contribution in [0.25, 0.3) is 17.0 Å². The quantitative estimate of drug-likeness (QED) is 0.106. The molecule has 0 atom stereocenters. The summed E-state index contributed by atoms with van der Waals surface area (Å²) in [6.45, 7) is 12.0. The fourth-order valence-corrected chi connectivity index (χ4v) is 4.07. The monoisotopic (exact) mass is 498 g/mol. The summed E-state index contributed by atoms with van der Waals surface area (Å²) in [6, 6.07) is 9.30. The van der Waals surface area contributed by atoms with Gasteiger partial charge in [0, 0.05) is 45.0 Å². The molecule has 0 saturated carbocycles. The SMILES string of the molecule is CCOC(=O)CN(C)C(=O)/C=C(O)/C=C/C(C)=C/c1cn(COCC[Si](C)(C)C)c2ccccc12. The van der Waals surface area contributed by atoms with Gasteiger partial charge in [0.05, 0.1) is 12.1 Å². The zero-order valence-electron chi connectivity index (χ0n) is 21.7. The molecule has 0 saturated heterocycles. The number of rotatable bonds is 12. The maximum absolute atomic E-state index is 12.2. The first-order valence-corrected chi connectivity index (χ1v) is 15.5. The molecule has 0 bridgehead atoms. The van der Waals surface area contributed by atoms with Crippen LogP contribution in [-0.4, -0.2) is 61.3 Å². The second kappa shape index (κ2) is 13.1. The largest absolute Gasteiger partial charge is 0.508 e. The number of carbonyl (C=O) groups excluding carboxylic acids is 2. The summed E-state index contributed by atoms with van der Waals surface area (Å²) in [7, 11) is 0.342. The van der Waals surface area contributed by atoms with E-state index in [0.717, 1.165) is 40.8 Å². The molecule has 35 heavy (non-hydrogen) atoms. The van der Waals surface area contributed by atoms with Gasteiger partial charge in [-0.3, -0.25) is 9.59 Å². The van der Waals surface area contributed by atoms with Crippen molar-refractivity contribution in [2.75, 3.05) is 26.8 Å². The molecule has 0 radical (unpaired) electrons. The highest BCUT2D eigenvalue weighted by molar-refractivity contribution is 6.76. The average molecular weight is 499 g/mol. The molecular formula is C27H38N2O5Si. The summed E-state index contributed by atoms with van der Waals surface area (Å²) in [6.07, 6.45) is 8.37. The lowest BCUT2D eigenvalue weighted by molar-refractivity contribution is -0.147. The normalized spacial score (nSPS) is 13.0. The molecule has 0 spiro atoms. The molecule has 0 aliphatic heterocycles. The molecule has 0 fully saturated rings. The zero-order valence-corrected chi connectivity index (χ0v) is 22.7. The molecule has 0 unspecified atom stereocenters. The molecule has 2 rings (SSSR count). The average Bonchev–Trinajstić information content (AvgIpc) is 3.12. The third-order valence-corrected chi connectivity index (χ3v) is 6.97. The number of esters is 1. The van der Waals surface area contributed by atoms with Gasteiger partial charge in [0.25, 0.3) is 5.91 Å². The van der Waals surface area contributed by atoms with Crippen LogP contribution in [0.3, 0.4) is 0 Å². The minimum atomic E-state index is -1.13. The molecule has 7 nitrogen and oxygen atoms in total. The topological polar surface area (TPSA) is 81.0 Å². The third kappa shape index (κ3) is 9.58. The smallest absolute Gasteiger partial charge is 0.325 e. The highest BCUT2D eigenvalue weighted by Gasteiger charge is 2.13. The molecule has 0 aliphatic rings. The van der Waals surface area contributed by atoms with Gasteiger partial charge in [0.2, 0.25) is 0 Å². The lowest BCUT2D eigenvalue weighted by Gasteiger charge is -2.15. The molecule has 1 N–H and O–H groups in total. The van der Waals surface area contributed by atoms with Crippen molar-refractivity contribution in [2.45, 2.75) is 46.3 Å². The first-order chi connectivity index (χ1) is 16.5. The summed E-state index contributed by atoms with van der Waals surface area (Å²) >= 11 is 0. The number of allylic oxidation sites excluding steroid dienone is 3. The summed E-state index contributed by atoms with van der Waals surface area (Å²) in [5.41, 5.74) is 3.05. The van der Waals surface area contributed by atoms with Crippen molar-refractivity contribution in [3.8, 4) is 0 Å². The van der Waals surface area contributed by atoms with Crippen LogP contribution in [0.4, 0.5) is 0 Å². The molecule has 8 heteroatoms. The van der Waals surface area contributed by atoms with Crippen molar-refractivity contribution in [1.29, 1.82) is 0 Å². The van der Waals surface area contributed by atoms with Gasteiger partial charge in [0.15, 0.2) is 0 Å². The number of fused-ring (bicyclic) bond motifs is 1. The number of ether oxygens (including phenoxy) is 2. The van der Waals surface area contributed by atoms with Crippen LogP contribution in [0.15, 0.2) is 60.0 Å². The summed E-state index contributed by atoms with van der Waals surface area (Å²) < 4.78 is 12.9. The highest BCUT2D eigenvalue weighted by atomic mass is 28.3. The number of hydrogen-bond acceptors (Lipinski definition) is 5. The van der Waals surface area contributed by atoms with Crippen LogP contribution in [0.1, 0.15) is 19.4 Å². The van der Waals surface area contributed by atoms with E-state index < -0.39 is 20.0 Å². The Morgan fingerprint density at radius 3 is 2.57 bits per heavy atom. The predicted octanol–water partition coefficient (Wildman–Crippen LogP) is 5.38. The molecule has 1 aromatic heterocycles. The predicted molar refractivity (Wildman–Crippen MR) is 144 cm³/mol. The maximum Gasteiger partial charge on any atom is 0.325 e. The second-order valence-electron chi connectivity index (χ2n) is 9.71. The van der Waals surface area contributed by atoms with Crippen LogP contribution >= 0.6 is 0 Å². The first kappa shape index (κ1) is 28.1. The maximum atomic E-state index is 12.2. The van der Waals surface area contributed by atoms with E-state index in [0.29, 0.717) is 6.73 Å². The Kier molecular flexibility index (Phi) is 10.5. The molecule has 1 heterocycles. The van der Waals surface area contributed by atoms with E-state index in [2.05, 4.69) is 42.5 Å². The van der Waals surface area contributed by atoms with Gasteiger partial charge in [-0.25, -0.2) is 0 Å². The van der Waals surface area contributed by atoms with E-state index >= 15 is 0 Å². The van der Waals surface area contributed by atoms with E-state index in [-0.39, 0.29) is 18.9 Å². The minimum Gasteiger partial charge on any atom is -0.508 e. The number of aromatic nitrogens is 1. The Bertz CT molecular complexity index is 1110. The molecule has 0 aliphatic carbocycles. The number of carbonyl (C=O) groups is 2. The number of para-hydroxylation sites is 1. The van der Waals surface area contributed by atoms with Gasteiger partial charge >= 0.3 is 5.97 Å². The molecule has 190 valence electrons. The molecule has 1 aromatic carbocycles. The van der Waals surface area contributed by atoms with Crippen molar-refractivity contribution in [3.05, 3.63) is 65.6 Å². The zero-order chi connectivity index (χ0) is 26.0. The van der Waals surface area contributed by atoms with Gasteiger partial charge in [-0.1, -0.05) is 49.5 Å². The Morgan fingerprint density at radius 2 is 1.89 bits per heavy atom. The van der Waals surface area contributed by atoms with E-state index in [9.17, 15) is 14.7 Å². The van der Waals surface area contributed by atoms with Crippen LogP contribution in [-0.2, 0) is 25.8 Å². The standard InChI is InChI=1S/C27H38N2O5Si/c1-7-34-27(32)19-28(3)26(31)17-23(30)13-12-21(2)16-22-18-29(20-33-14-15-35(4,5)6)25-11-9-8-10-24(22)25/h8-13,16-18,30H,7,14-15,19-20H2,1-6H3/b13-12+,21-16+,23-17-. The summed E-state index contributed by atoms with van der Waals surface area (Å²) in [5, 5.41) is 11.3. The van der Waals surface area contributed by atoms with E-state index in [1.807, 2.05) is 25.1 Å². The number of benzene rings is 1. The Hall–Kier alpha value is -3.10. The van der Waals surface area contributed by atoms with Crippen LogP contribution in [0, 0.1) is 0 Å². The minimum absolute atomic E-state index is 0.176. The fourth-order valence-electron chi connectivity index (χ4n) is 3.31. The summed E-state index contributed by atoms with van der Waals surface area (Å²) in [5.74, 6) is -1.18. The number of aliphatic hydroxyl groups is 1. The van der Waals surface area contributed by atoms with Crippen LogP contribution < -0.4 is 0 Å². The molecular weight excluding hydrogens is 460 g/mol. The number of aliphatic hydroxyl groups excluding tert-OH is 1. The van der Waals surface area contributed by atoms with Gasteiger partial charge in [-0.05, 0) is 38.1 Å². The van der Waals surface area contributed by atoms with E-state index in [4.69, 9.17) is 9.47 Å². The Morgan fingerprint density at radius 1 is 1.17 bits per heavy atom. The Labute approximate surface area is 209 Å². The number of amides is 1. The fraction of sp³-hybridized carbons (Fsp3) is 0.407. The van der Waals surface area contributed by atoms with Crippen molar-refractivity contribution in [2.24, 2.45) is 0 Å². The lowest BCUT2D eigenvalue weighted by Crippen LogP contribution is -2.32. The summed E-state index contributed by atoms with van der Waals surface area (Å²) in [4.78, 5) is 24.9. The Balaban J connectivity index is 2.09. The second-order valence-corrected chi connectivity index (χ2v) is 15.3. The van der Waals surface area contributed by atoms with Crippen molar-refractivity contribution >= 4 is 36.9 Å². The highest BCUT2D eigenvalue weighted by Crippen LogP contribution is 2.24. The van der Waals surface area contributed by atoms with Gasteiger partial charge < -0.3 is 24.0 Å². The van der Waals surface area contributed by atoms with E-state index in [1.54, 1.807) is 13.0 Å². The van der Waals surface area contributed by atoms with E-state index in [1.165, 1.54) is 18.0 Å². The van der Waals surface area contributed by atoms with Crippen LogP contribution in [0.2, 0.25) is 25.7 Å². The van der Waals surface area contributed by atoms with Crippen molar-refractivity contribution < 1.29 is 24.2 Å². The van der Waals surface area contributed by atoms with Crippen molar-refractivity contribution in [3.63, 3.8) is 0 Å². The van der Waals surface area contributed by atoms with Crippen LogP contribution in [0.5, 0.6) is 0 Å².